The van der Waals surface area contributed by atoms with E-state index < -0.39 is 0 Å². The third-order valence-electron chi connectivity index (χ3n) is 3.26. The Hall–Kier alpha value is -1.18. The first kappa shape index (κ1) is 19.1. The molecule has 24 heavy (non-hydrogen) atoms. The van der Waals surface area contributed by atoms with Crippen LogP contribution in [0.4, 0.5) is 0 Å². The van der Waals surface area contributed by atoms with Crippen LogP contribution in [0.2, 0.25) is 5.02 Å². The summed E-state index contributed by atoms with van der Waals surface area (Å²) in [5.41, 5.74) is 0.658. The van der Waals surface area contributed by atoms with Gasteiger partial charge in [0.2, 0.25) is 0 Å². The van der Waals surface area contributed by atoms with Crippen molar-refractivity contribution in [1.82, 2.24) is 4.90 Å². The van der Waals surface area contributed by atoms with Crippen LogP contribution < -0.4 is 4.74 Å². The molecule has 1 amide bonds. The van der Waals surface area contributed by atoms with Gasteiger partial charge in [-0.25, -0.2) is 0 Å². The van der Waals surface area contributed by atoms with Crippen molar-refractivity contribution in [2.24, 2.45) is 4.99 Å². The minimum Gasteiger partial charge on any atom is -0.503 e. The van der Waals surface area contributed by atoms with Gasteiger partial charge >= 0.3 is 0 Å². The zero-order chi connectivity index (χ0) is 17.9. The van der Waals surface area contributed by atoms with E-state index in [2.05, 4.69) is 20.9 Å². The highest BCUT2D eigenvalue weighted by molar-refractivity contribution is 9.10. The molecule has 1 aliphatic rings. The summed E-state index contributed by atoms with van der Waals surface area (Å²) in [7, 11) is 0. The molecular weight excluding hydrogens is 416 g/mol. The van der Waals surface area contributed by atoms with Crippen molar-refractivity contribution < 1.29 is 14.6 Å². The number of carbonyl (C=O) groups excluding carboxylic acids is 1. The molecule has 2 rings (SSSR count). The summed E-state index contributed by atoms with van der Waals surface area (Å²) in [5, 5.41) is 10.9. The maximum absolute atomic E-state index is 12.5. The topological polar surface area (TPSA) is 62.1 Å². The van der Waals surface area contributed by atoms with Gasteiger partial charge in [0.05, 0.1) is 11.5 Å². The fourth-order valence-electron chi connectivity index (χ4n) is 2.16. The molecular formula is C16H18BrClN2O3S. The van der Waals surface area contributed by atoms with Crippen LogP contribution in [0.25, 0.3) is 6.08 Å². The summed E-state index contributed by atoms with van der Waals surface area (Å²) in [6, 6.07) is 1.65. The Kier molecular flexibility index (Phi) is 6.60. The predicted octanol–water partition coefficient (Wildman–Crippen LogP) is 4.52. The number of amides is 1. The Balaban J connectivity index is 2.48. The van der Waals surface area contributed by atoms with Crippen molar-refractivity contribution in [2.75, 3.05) is 19.7 Å². The Morgan fingerprint density at radius 2 is 2.17 bits per heavy atom. The number of phenolic OH excluding ortho intramolecular Hbond substituents is 1. The molecule has 0 saturated carbocycles. The van der Waals surface area contributed by atoms with Crippen LogP contribution in [-0.4, -0.2) is 40.8 Å². The number of nitrogens with zero attached hydrogens (tertiary/aromatic N) is 2. The molecule has 1 aliphatic heterocycles. The molecule has 0 spiro atoms. The Labute approximate surface area is 158 Å². The smallest absolute Gasteiger partial charge is 0.266 e. The number of rotatable bonds is 5. The molecule has 1 heterocycles. The third-order valence-corrected chi connectivity index (χ3v) is 5.75. The SMILES string of the molecule is CCN=C1S/C(=C\c2cc(OCC)c(O)c(Cl)c2Br)C(=O)N1CC. The van der Waals surface area contributed by atoms with Crippen LogP contribution in [0.15, 0.2) is 20.4 Å². The van der Waals surface area contributed by atoms with Crippen LogP contribution >= 0.6 is 39.3 Å². The maximum atomic E-state index is 12.5. The van der Waals surface area contributed by atoms with Gasteiger partial charge in [0.25, 0.3) is 5.91 Å². The third kappa shape index (κ3) is 3.73. The molecule has 1 aromatic carbocycles. The van der Waals surface area contributed by atoms with E-state index in [-0.39, 0.29) is 22.4 Å². The number of thioether (sulfide) groups is 1. The highest BCUT2D eigenvalue weighted by Crippen LogP contribution is 2.43. The second-order valence-corrected chi connectivity index (χ2v) is 6.97. The number of hydrogen-bond acceptors (Lipinski definition) is 5. The fourth-order valence-corrected chi connectivity index (χ4v) is 3.88. The number of hydrogen-bond donors (Lipinski definition) is 1. The lowest BCUT2D eigenvalue weighted by atomic mass is 10.1. The van der Waals surface area contributed by atoms with Crippen molar-refractivity contribution in [2.45, 2.75) is 20.8 Å². The maximum Gasteiger partial charge on any atom is 0.266 e. The number of likely N-dealkylation sites (N-methyl/N-ethyl adjacent to an activating group) is 1. The molecule has 5 nitrogen and oxygen atoms in total. The van der Waals surface area contributed by atoms with Gasteiger partial charge in [0, 0.05) is 17.6 Å². The van der Waals surface area contributed by atoms with Gasteiger partial charge in [-0.1, -0.05) is 11.6 Å². The quantitative estimate of drug-likeness (QED) is 0.694. The normalized spacial score (nSPS) is 18.0. The van der Waals surface area contributed by atoms with E-state index in [0.29, 0.717) is 39.8 Å². The van der Waals surface area contributed by atoms with Gasteiger partial charge in [-0.2, -0.15) is 0 Å². The average molecular weight is 434 g/mol. The number of phenols is 1. The molecule has 1 aromatic rings. The van der Waals surface area contributed by atoms with Crippen LogP contribution in [0, 0.1) is 0 Å². The largest absolute Gasteiger partial charge is 0.503 e. The average Bonchev–Trinajstić information content (AvgIpc) is 2.85. The summed E-state index contributed by atoms with van der Waals surface area (Å²) < 4.78 is 5.91. The van der Waals surface area contributed by atoms with Crippen LogP contribution in [0.5, 0.6) is 11.5 Å². The van der Waals surface area contributed by atoms with E-state index in [1.807, 2.05) is 20.8 Å². The molecule has 0 radical (unpaired) electrons. The number of aromatic hydroxyl groups is 1. The van der Waals surface area contributed by atoms with Gasteiger partial charge < -0.3 is 9.84 Å². The second-order valence-electron chi connectivity index (χ2n) is 4.79. The van der Waals surface area contributed by atoms with E-state index in [1.165, 1.54) is 11.8 Å². The van der Waals surface area contributed by atoms with Crippen molar-refractivity contribution in [3.05, 3.63) is 26.0 Å². The first-order valence-corrected chi connectivity index (χ1v) is 9.52. The van der Waals surface area contributed by atoms with Crippen molar-refractivity contribution in [3.63, 3.8) is 0 Å². The van der Waals surface area contributed by atoms with Gasteiger partial charge in [0.15, 0.2) is 16.7 Å². The molecule has 0 aliphatic carbocycles. The van der Waals surface area contributed by atoms with Crippen LogP contribution in [-0.2, 0) is 4.79 Å². The lowest BCUT2D eigenvalue weighted by molar-refractivity contribution is -0.122. The van der Waals surface area contributed by atoms with Crippen molar-refractivity contribution in [1.29, 1.82) is 0 Å². The fraction of sp³-hybridized carbons (Fsp3) is 0.375. The van der Waals surface area contributed by atoms with Gasteiger partial charge in [-0.3, -0.25) is 14.7 Å². The summed E-state index contributed by atoms with van der Waals surface area (Å²) >= 11 is 10.8. The van der Waals surface area contributed by atoms with Gasteiger partial charge in [0.1, 0.15) is 5.02 Å². The summed E-state index contributed by atoms with van der Waals surface area (Å²) in [5.74, 6) is 0.0629. The second kappa shape index (κ2) is 8.27. The zero-order valence-corrected chi connectivity index (χ0v) is 16.8. The molecule has 0 aromatic heterocycles. The van der Waals surface area contributed by atoms with Crippen LogP contribution in [0.1, 0.15) is 26.3 Å². The summed E-state index contributed by atoms with van der Waals surface area (Å²) in [6.45, 7) is 7.22. The van der Waals surface area contributed by atoms with Gasteiger partial charge in [-0.05, 0) is 66.2 Å². The van der Waals surface area contributed by atoms with E-state index in [0.717, 1.165) is 0 Å². The minimum atomic E-state index is -0.124. The molecule has 8 heteroatoms. The Morgan fingerprint density at radius 1 is 1.46 bits per heavy atom. The lowest BCUT2D eigenvalue weighted by Crippen LogP contribution is -2.28. The summed E-state index contributed by atoms with van der Waals surface area (Å²) in [4.78, 5) is 19.1. The molecule has 1 saturated heterocycles. The number of halogens is 2. The van der Waals surface area contributed by atoms with E-state index in [9.17, 15) is 9.90 Å². The number of benzene rings is 1. The number of aliphatic imine (C=N–C) groups is 1. The van der Waals surface area contributed by atoms with E-state index in [4.69, 9.17) is 16.3 Å². The lowest BCUT2D eigenvalue weighted by Gasteiger charge is -2.12. The molecule has 0 bridgehead atoms. The van der Waals surface area contributed by atoms with E-state index >= 15 is 0 Å². The Bertz CT molecular complexity index is 722. The van der Waals surface area contributed by atoms with Crippen LogP contribution in [0.3, 0.4) is 0 Å². The number of ether oxygens (including phenoxy) is 1. The summed E-state index contributed by atoms with van der Waals surface area (Å²) in [6.07, 6.45) is 1.73. The van der Waals surface area contributed by atoms with E-state index in [1.54, 1.807) is 17.0 Å². The highest BCUT2D eigenvalue weighted by Gasteiger charge is 2.32. The number of carbonyl (C=O) groups is 1. The molecule has 1 N–H and O–H groups in total. The first-order valence-electron chi connectivity index (χ1n) is 7.54. The molecule has 1 fully saturated rings. The highest BCUT2D eigenvalue weighted by atomic mass is 79.9. The first-order chi connectivity index (χ1) is 11.4. The molecule has 0 atom stereocenters. The minimum absolute atomic E-state index is 0.0937. The van der Waals surface area contributed by atoms with Gasteiger partial charge in [-0.15, -0.1) is 0 Å². The number of amidine groups is 1. The predicted molar refractivity (Wildman–Crippen MR) is 103 cm³/mol. The van der Waals surface area contributed by atoms with Crippen molar-refractivity contribution >= 4 is 56.4 Å². The molecule has 0 unspecified atom stereocenters. The standard InChI is InChI=1S/C16H18BrClN2O3S/c1-4-19-16-20(5-2)15(22)11(24-16)8-9-7-10(23-6-3)14(21)13(18)12(9)17/h7-8,21H,4-6H2,1-3H3/b11-8-,19-16?. The van der Waals surface area contributed by atoms with Crippen molar-refractivity contribution in [3.8, 4) is 11.5 Å². The zero-order valence-electron chi connectivity index (χ0n) is 13.6. The monoisotopic (exact) mass is 432 g/mol. The Morgan fingerprint density at radius 3 is 2.75 bits per heavy atom. The molecule has 130 valence electrons.